The second-order valence-corrected chi connectivity index (χ2v) is 3.78. The standard InChI is InChI=1S/C10H16N2O/c1-8(13)12-10-4-2-9(3-5-10)6-7-11/h9-10H,2-6H2,1H3,(H,12,13). The summed E-state index contributed by atoms with van der Waals surface area (Å²) in [5.74, 6) is 0.624. The Bertz CT molecular complexity index is 211. The molecule has 0 aliphatic heterocycles. The number of hydrogen-bond acceptors (Lipinski definition) is 2. The Balaban J connectivity index is 2.23. The van der Waals surface area contributed by atoms with Crippen molar-refractivity contribution in [3.8, 4) is 6.07 Å². The second-order valence-electron chi connectivity index (χ2n) is 3.78. The molecule has 1 aliphatic rings. The van der Waals surface area contributed by atoms with Gasteiger partial charge >= 0.3 is 0 Å². The third-order valence-electron chi connectivity index (χ3n) is 2.63. The van der Waals surface area contributed by atoms with Gasteiger partial charge in [0.25, 0.3) is 0 Å². The predicted octanol–water partition coefficient (Wildman–Crippen LogP) is 1.59. The van der Waals surface area contributed by atoms with Crippen molar-refractivity contribution < 1.29 is 4.79 Å². The predicted molar refractivity (Wildman–Crippen MR) is 49.8 cm³/mol. The highest BCUT2D eigenvalue weighted by Crippen LogP contribution is 2.26. The Labute approximate surface area is 79.1 Å². The van der Waals surface area contributed by atoms with Crippen molar-refractivity contribution in [2.75, 3.05) is 0 Å². The van der Waals surface area contributed by atoms with Crippen LogP contribution in [0.2, 0.25) is 0 Å². The maximum atomic E-state index is 10.8. The Hall–Kier alpha value is -1.04. The topological polar surface area (TPSA) is 52.9 Å². The summed E-state index contributed by atoms with van der Waals surface area (Å²) < 4.78 is 0. The zero-order chi connectivity index (χ0) is 9.68. The molecule has 1 saturated carbocycles. The van der Waals surface area contributed by atoms with Crippen LogP contribution in [0.15, 0.2) is 0 Å². The smallest absolute Gasteiger partial charge is 0.217 e. The third-order valence-corrected chi connectivity index (χ3v) is 2.63. The first kappa shape index (κ1) is 10.0. The molecule has 0 aromatic rings. The maximum absolute atomic E-state index is 10.8. The minimum Gasteiger partial charge on any atom is -0.354 e. The molecule has 1 amide bonds. The highest BCUT2D eigenvalue weighted by molar-refractivity contribution is 5.73. The molecule has 0 bridgehead atoms. The lowest BCUT2D eigenvalue weighted by molar-refractivity contribution is -0.119. The van der Waals surface area contributed by atoms with E-state index in [9.17, 15) is 4.79 Å². The largest absolute Gasteiger partial charge is 0.354 e. The molecule has 0 atom stereocenters. The second kappa shape index (κ2) is 4.86. The summed E-state index contributed by atoms with van der Waals surface area (Å²) in [6.07, 6.45) is 4.90. The number of amides is 1. The van der Waals surface area contributed by atoms with Crippen LogP contribution < -0.4 is 5.32 Å². The van der Waals surface area contributed by atoms with E-state index in [0.717, 1.165) is 25.7 Å². The summed E-state index contributed by atoms with van der Waals surface area (Å²) in [5.41, 5.74) is 0. The fourth-order valence-corrected chi connectivity index (χ4v) is 1.93. The maximum Gasteiger partial charge on any atom is 0.217 e. The van der Waals surface area contributed by atoms with Gasteiger partial charge in [-0.25, -0.2) is 0 Å². The first-order chi connectivity index (χ1) is 6.22. The number of carbonyl (C=O) groups excluding carboxylic acids is 1. The SMILES string of the molecule is CC(=O)NC1CCC(CC#N)CC1. The summed E-state index contributed by atoms with van der Waals surface area (Å²) >= 11 is 0. The van der Waals surface area contributed by atoms with Crippen LogP contribution in [-0.2, 0) is 4.79 Å². The van der Waals surface area contributed by atoms with E-state index in [0.29, 0.717) is 18.4 Å². The number of nitrogens with zero attached hydrogens (tertiary/aromatic N) is 1. The fraction of sp³-hybridized carbons (Fsp3) is 0.800. The molecule has 0 saturated heterocycles. The van der Waals surface area contributed by atoms with Gasteiger partial charge in [0.1, 0.15) is 0 Å². The summed E-state index contributed by atoms with van der Waals surface area (Å²) in [5, 5.41) is 11.4. The number of nitrogens with one attached hydrogen (secondary N) is 1. The Morgan fingerprint density at radius 2 is 2.08 bits per heavy atom. The molecule has 0 spiro atoms. The van der Waals surface area contributed by atoms with E-state index in [1.165, 1.54) is 0 Å². The normalized spacial score (nSPS) is 27.7. The molecule has 0 radical (unpaired) electrons. The van der Waals surface area contributed by atoms with Gasteiger partial charge in [-0.15, -0.1) is 0 Å². The van der Waals surface area contributed by atoms with Gasteiger partial charge in [0.2, 0.25) is 5.91 Å². The summed E-state index contributed by atoms with van der Waals surface area (Å²) in [6, 6.07) is 2.56. The van der Waals surface area contributed by atoms with Crippen LogP contribution in [0.3, 0.4) is 0 Å². The Kier molecular flexibility index (Phi) is 3.75. The lowest BCUT2D eigenvalue weighted by Gasteiger charge is -2.27. The first-order valence-corrected chi connectivity index (χ1v) is 4.86. The highest BCUT2D eigenvalue weighted by Gasteiger charge is 2.20. The van der Waals surface area contributed by atoms with E-state index in [1.807, 2.05) is 0 Å². The molecule has 0 aromatic carbocycles. The molecular weight excluding hydrogens is 164 g/mol. The van der Waals surface area contributed by atoms with Crippen molar-refractivity contribution in [3.05, 3.63) is 0 Å². The van der Waals surface area contributed by atoms with Crippen molar-refractivity contribution >= 4 is 5.91 Å². The minimum atomic E-state index is 0.0590. The molecular formula is C10H16N2O. The van der Waals surface area contributed by atoms with Crippen LogP contribution in [0.5, 0.6) is 0 Å². The van der Waals surface area contributed by atoms with Crippen molar-refractivity contribution in [2.24, 2.45) is 5.92 Å². The van der Waals surface area contributed by atoms with Gasteiger partial charge in [-0.1, -0.05) is 0 Å². The van der Waals surface area contributed by atoms with Crippen molar-refractivity contribution in [2.45, 2.75) is 45.1 Å². The van der Waals surface area contributed by atoms with Crippen LogP contribution in [0.1, 0.15) is 39.0 Å². The third kappa shape index (κ3) is 3.45. The van der Waals surface area contributed by atoms with Gasteiger partial charge in [-0.2, -0.15) is 5.26 Å². The van der Waals surface area contributed by atoms with Gasteiger partial charge in [0.15, 0.2) is 0 Å². The van der Waals surface area contributed by atoms with Gasteiger partial charge in [-0.3, -0.25) is 4.79 Å². The summed E-state index contributed by atoms with van der Waals surface area (Å²) in [6.45, 7) is 1.56. The number of carbonyl (C=O) groups is 1. The molecule has 0 heterocycles. The van der Waals surface area contributed by atoms with Crippen LogP contribution in [0.4, 0.5) is 0 Å². The lowest BCUT2D eigenvalue weighted by atomic mass is 9.84. The number of hydrogen-bond donors (Lipinski definition) is 1. The molecule has 3 heteroatoms. The van der Waals surface area contributed by atoms with Gasteiger partial charge in [-0.05, 0) is 31.6 Å². The van der Waals surface area contributed by atoms with Crippen LogP contribution in [0.25, 0.3) is 0 Å². The van der Waals surface area contributed by atoms with E-state index in [1.54, 1.807) is 6.92 Å². The van der Waals surface area contributed by atoms with E-state index >= 15 is 0 Å². The molecule has 1 N–H and O–H groups in total. The van der Waals surface area contributed by atoms with E-state index in [2.05, 4.69) is 11.4 Å². The van der Waals surface area contributed by atoms with Crippen molar-refractivity contribution in [1.29, 1.82) is 5.26 Å². The zero-order valence-electron chi connectivity index (χ0n) is 8.05. The van der Waals surface area contributed by atoms with Crippen LogP contribution >= 0.6 is 0 Å². The van der Waals surface area contributed by atoms with Gasteiger partial charge < -0.3 is 5.32 Å². The monoisotopic (exact) mass is 180 g/mol. The lowest BCUT2D eigenvalue weighted by Crippen LogP contribution is -2.36. The van der Waals surface area contributed by atoms with Crippen molar-refractivity contribution in [3.63, 3.8) is 0 Å². The molecule has 1 rings (SSSR count). The molecule has 0 unspecified atom stereocenters. The molecule has 72 valence electrons. The van der Waals surface area contributed by atoms with Gasteiger partial charge in [0, 0.05) is 19.4 Å². The quantitative estimate of drug-likeness (QED) is 0.701. The summed E-state index contributed by atoms with van der Waals surface area (Å²) in [4.78, 5) is 10.8. The fourth-order valence-electron chi connectivity index (χ4n) is 1.93. The average Bonchev–Trinajstić information content (AvgIpc) is 2.08. The summed E-state index contributed by atoms with van der Waals surface area (Å²) in [7, 11) is 0. The number of rotatable bonds is 2. The van der Waals surface area contributed by atoms with E-state index < -0.39 is 0 Å². The minimum absolute atomic E-state index is 0.0590. The molecule has 1 fully saturated rings. The van der Waals surface area contributed by atoms with E-state index in [-0.39, 0.29) is 5.91 Å². The molecule has 3 nitrogen and oxygen atoms in total. The van der Waals surface area contributed by atoms with Crippen LogP contribution in [0, 0.1) is 17.2 Å². The first-order valence-electron chi connectivity index (χ1n) is 4.86. The zero-order valence-corrected chi connectivity index (χ0v) is 8.05. The van der Waals surface area contributed by atoms with Crippen LogP contribution in [-0.4, -0.2) is 11.9 Å². The number of nitriles is 1. The average molecular weight is 180 g/mol. The Morgan fingerprint density at radius 1 is 1.46 bits per heavy atom. The Morgan fingerprint density at radius 3 is 2.54 bits per heavy atom. The van der Waals surface area contributed by atoms with E-state index in [4.69, 9.17) is 5.26 Å². The van der Waals surface area contributed by atoms with Crippen molar-refractivity contribution in [1.82, 2.24) is 5.32 Å². The van der Waals surface area contributed by atoms with Gasteiger partial charge in [0.05, 0.1) is 6.07 Å². The molecule has 13 heavy (non-hydrogen) atoms. The molecule has 1 aliphatic carbocycles. The highest BCUT2D eigenvalue weighted by atomic mass is 16.1. The molecule has 0 aromatic heterocycles.